The van der Waals surface area contributed by atoms with Gasteiger partial charge in [-0.15, -0.1) is 0 Å². The third-order valence-electron chi connectivity index (χ3n) is 4.02. The van der Waals surface area contributed by atoms with E-state index in [0.717, 1.165) is 16.7 Å². The first kappa shape index (κ1) is 16.0. The van der Waals surface area contributed by atoms with Gasteiger partial charge in [0.2, 0.25) is 0 Å². The van der Waals surface area contributed by atoms with Crippen molar-refractivity contribution in [1.82, 2.24) is 0 Å². The quantitative estimate of drug-likeness (QED) is 0.507. The van der Waals surface area contributed by atoms with Crippen LogP contribution >= 0.6 is 0 Å². The van der Waals surface area contributed by atoms with E-state index in [9.17, 15) is 5.11 Å². The zero-order valence-electron chi connectivity index (χ0n) is 13.3. The summed E-state index contributed by atoms with van der Waals surface area (Å²) in [6.45, 7) is 0. The second-order valence-electron chi connectivity index (χ2n) is 5.72. The number of nitrogens with two attached hydrogens (primary N) is 2. The monoisotopic (exact) mass is 316 g/mol. The lowest BCUT2D eigenvalue weighted by Gasteiger charge is -2.29. The van der Waals surface area contributed by atoms with Crippen molar-refractivity contribution in [3.8, 4) is 5.75 Å². The van der Waals surface area contributed by atoms with Gasteiger partial charge in [-0.2, -0.15) is 0 Å². The molecule has 24 heavy (non-hydrogen) atoms. The molecule has 0 unspecified atom stereocenters. The number of para-hydroxylation sites is 1. The molecule has 0 saturated carbocycles. The first-order valence-electron chi connectivity index (χ1n) is 7.78. The van der Waals surface area contributed by atoms with Gasteiger partial charge in [-0.05, 0) is 28.8 Å². The van der Waals surface area contributed by atoms with Crippen molar-refractivity contribution >= 4 is 11.6 Å². The van der Waals surface area contributed by atoms with Crippen molar-refractivity contribution in [2.75, 3.05) is 0 Å². The minimum atomic E-state index is -1.19. The summed E-state index contributed by atoms with van der Waals surface area (Å²) >= 11 is 0. The average Bonchev–Trinajstić information content (AvgIpc) is 2.62. The Morgan fingerprint density at radius 1 is 0.750 bits per heavy atom. The topological polar surface area (TPSA) is 72.3 Å². The molecule has 3 aromatic carbocycles. The van der Waals surface area contributed by atoms with Crippen LogP contribution in [0.15, 0.2) is 84.9 Å². The summed E-state index contributed by atoms with van der Waals surface area (Å²) in [6, 6.07) is 26.4. The number of benzene rings is 3. The number of phenolic OH excluding ortho intramolecular Hbond substituents is 1. The lowest BCUT2D eigenvalue weighted by Crippen LogP contribution is -2.47. The lowest BCUT2D eigenvalue weighted by molar-refractivity contribution is 0.474. The molecule has 0 radical (unpaired) electrons. The predicted molar refractivity (Wildman–Crippen MR) is 98.9 cm³/mol. The van der Waals surface area contributed by atoms with E-state index in [0.29, 0.717) is 5.56 Å². The highest BCUT2D eigenvalue weighted by molar-refractivity contribution is 5.88. The SMILES string of the molecule is NC(N)(C(=Cc1ccccc1O)c1ccccc1)c1ccccc1. The van der Waals surface area contributed by atoms with E-state index in [1.165, 1.54) is 0 Å². The van der Waals surface area contributed by atoms with E-state index < -0.39 is 5.66 Å². The van der Waals surface area contributed by atoms with Crippen molar-refractivity contribution in [1.29, 1.82) is 0 Å². The van der Waals surface area contributed by atoms with Crippen LogP contribution in [0.4, 0.5) is 0 Å². The van der Waals surface area contributed by atoms with Gasteiger partial charge in [-0.3, -0.25) is 0 Å². The molecule has 0 aromatic heterocycles. The van der Waals surface area contributed by atoms with Crippen LogP contribution in [-0.4, -0.2) is 5.11 Å². The van der Waals surface area contributed by atoms with Crippen LogP contribution in [0.1, 0.15) is 16.7 Å². The molecule has 5 N–H and O–H groups in total. The molecule has 3 aromatic rings. The Morgan fingerprint density at radius 2 is 1.29 bits per heavy atom. The maximum absolute atomic E-state index is 10.1. The van der Waals surface area contributed by atoms with Crippen LogP contribution < -0.4 is 11.5 Å². The molecule has 0 spiro atoms. The summed E-state index contributed by atoms with van der Waals surface area (Å²) in [5.74, 6) is 0.190. The summed E-state index contributed by atoms with van der Waals surface area (Å²) in [7, 11) is 0. The molecule has 0 amide bonds. The largest absolute Gasteiger partial charge is 0.507 e. The second kappa shape index (κ2) is 6.71. The fourth-order valence-electron chi connectivity index (χ4n) is 2.69. The maximum Gasteiger partial charge on any atom is 0.122 e. The number of hydrogen-bond acceptors (Lipinski definition) is 3. The van der Waals surface area contributed by atoms with E-state index in [1.807, 2.05) is 78.9 Å². The normalized spacial score (nSPS) is 12.2. The van der Waals surface area contributed by atoms with Gasteiger partial charge >= 0.3 is 0 Å². The van der Waals surface area contributed by atoms with Crippen molar-refractivity contribution in [3.63, 3.8) is 0 Å². The van der Waals surface area contributed by atoms with Gasteiger partial charge in [0, 0.05) is 5.56 Å². The highest BCUT2D eigenvalue weighted by Gasteiger charge is 2.28. The Labute approximate surface area is 141 Å². The first-order chi connectivity index (χ1) is 11.6. The molecule has 0 aliphatic carbocycles. The number of hydrogen-bond donors (Lipinski definition) is 3. The van der Waals surface area contributed by atoms with Crippen molar-refractivity contribution in [3.05, 3.63) is 102 Å². The fraction of sp³-hybridized carbons (Fsp3) is 0.0476. The lowest BCUT2D eigenvalue weighted by atomic mass is 9.86. The Kier molecular flexibility index (Phi) is 4.47. The minimum absolute atomic E-state index is 0.190. The summed E-state index contributed by atoms with van der Waals surface area (Å²) in [6.07, 6.45) is 1.84. The Morgan fingerprint density at radius 3 is 1.92 bits per heavy atom. The molecule has 0 atom stereocenters. The first-order valence-corrected chi connectivity index (χ1v) is 7.78. The molecular weight excluding hydrogens is 296 g/mol. The molecule has 0 fully saturated rings. The summed E-state index contributed by atoms with van der Waals surface area (Å²) in [5, 5.41) is 10.1. The van der Waals surface area contributed by atoms with Gasteiger partial charge in [0.1, 0.15) is 11.4 Å². The van der Waals surface area contributed by atoms with Gasteiger partial charge in [-0.1, -0.05) is 78.9 Å². The third-order valence-corrected chi connectivity index (χ3v) is 4.02. The standard InChI is InChI=1S/C21H20N2O/c22-21(23,18-12-5-2-6-13-18)19(16-9-3-1-4-10-16)15-17-11-7-8-14-20(17)24/h1-15,24H,22-23H2. The zero-order chi connectivity index (χ0) is 17.0. The second-order valence-corrected chi connectivity index (χ2v) is 5.72. The summed E-state index contributed by atoms with van der Waals surface area (Å²) in [4.78, 5) is 0. The van der Waals surface area contributed by atoms with Crippen LogP contribution in [0.2, 0.25) is 0 Å². The highest BCUT2D eigenvalue weighted by Crippen LogP contribution is 2.33. The van der Waals surface area contributed by atoms with E-state index >= 15 is 0 Å². The molecule has 0 saturated heterocycles. The average molecular weight is 316 g/mol. The van der Waals surface area contributed by atoms with Gasteiger partial charge in [-0.25, -0.2) is 0 Å². The minimum Gasteiger partial charge on any atom is -0.507 e. The Balaban J connectivity index is 2.19. The van der Waals surface area contributed by atoms with Crippen LogP contribution in [0.25, 0.3) is 11.6 Å². The van der Waals surface area contributed by atoms with E-state index in [-0.39, 0.29) is 5.75 Å². The molecule has 0 aliphatic heterocycles. The van der Waals surface area contributed by atoms with Crippen LogP contribution in [0.3, 0.4) is 0 Å². The van der Waals surface area contributed by atoms with Gasteiger partial charge in [0.05, 0.1) is 0 Å². The van der Waals surface area contributed by atoms with Gasteiger partial charge in [0.25, 0.3) is 0 Å². The van der Waals surface area contributed by atoms with Crippen molar-refractivity contribution in [2.45, 2.75) is 5.66 Å². The Hall–Kier alpha value is -2.88. The van der Waals surface area contributed by atoms with Gasteiger partial charge in [0.15, 0.2) is 0 Å². The van der Waals surface area contributed by atoms with Gasteiger partial charge < -0.3 is 16.6 Å². The van der Waals surface area contributed by atoms with Crippen molar-refractivity contribution in [2.24, 2.45) is 11.5 Å². The number of phenols is 1. The van der Waals surface area contributed by atoms with E-state index in [4.69, 9.17) is 11.5 Å². The Bertz CT molecular complexity index is 840. The predicted octanol–water partition coefficient (Wildman–Crippen LogP) is 3.70. The van der Waals surface area contributed by atoms with Crippen LogP contribution in [-0.2, 0) is 5.66 Å². The molecule has 0 aliphatic rings. The fourth-order valence-corrected chi connectivity index (χ4v) is 2.69. The highest BCUT2D eigenvalue weighted by atomic mass is 16.3. The summed E-state index contributed by atoms with van der Waals surface area (Å²) < 4.78 is 0. The maximum atomic E-state index is 10.1. The zero-order valence-corrected chi connectivity index (χ0v) is 13.3. The molecule has 0 bridgehead atoms. The smallest absolute Gasteiger partial charge is 0.122 e. The van der Waals surface area contributed by atoms with Crippen LogP contribution in [0.5, 0.6) is 5.75 Å². The molecule has 120 valence electrons. The summed E-state index contributed by atoms with van der Waals surface area (Å²) in [5.41, 5.74) is 15.0. The van der Waals surface area contributed by atoms with Crippen LogP contribution in [0, 0.1) is 0 Å². The molecular formula is C21H20N2O. The third kappa shape index (κ3) is 3.23. The molecule has 0 heterocycles. The van der Waals surface area contributed by atoms with E-state index in [1.54, 1.807) is 12.1 Å². The van der Waals surface area contributed by atoms with Crippen molar-refractivity contribution < 1.29 is 5.11 Å². The molecule has 3 rings (SSSR count). The number of rotatable bonds is 4. The molecule has 3 nitrogen and oxygen atoms in total. The number of aromatic hydroxyl groups is 1. The molecule has 3 heteroatoms. The van der Waals surface area contributed by atoms with E-state index in [2.05, 4.69) is 0 Å².